The van der Waals surface area contributed by atoms with Crippen LogP contribution in [-0.2, 0) is 11.3 Å². The van der Waals surface area contributed by atoms with E-state index in [2.05, 4.69) is 5.10 Å². The van der Waals surface area contributed by atoms with Crippen LogP contribution in [0.5, 0.6) is 0 Å². The molecule has 14 heavy (non-hydrogen) atoms. The van der Waals surface area contributed by atoms with Crippen LogP contribution in [-0.4, -0.2) is 23.5 Å². The van der Waals surface area contributed by atoms with Crippen molar-refractivity contribution < 1.29 is 9.13 Å². The molecule has 0 aliphatic rings. The van der Waals surface area contributed by atoms with Gasteiger partial charge in [-0.3, -0.25) is 4.68 Å². The predicted octanol–water partition coefficient (Wildman–Crippen LogP) is 1.82. The lowest BCUT2D eigenvalue weighted by Gasteiger charge is -2.01. The van der Waals surface area contributed by atoms with Crippen molar-refractivity contribution in [3.8, 4) is 0 Å². The molecule has 1 aromatic carbocycles. The van der Waals surface area contributed by atoms with E-state index in [1.165, 1.54) is 12.1 Å². The summed E-state index contributed by atoms with van der Waals surface area (Å²) in [6.07, 6.45) is 1.73. The highest BCUT2D eigenvalue weighted by Crippen LogP contribution is 2.14. The summed E-state index contributed by atoms with van der Waals surface area (Å²) in [6, 6.07) is 4.64. The molecule has 0 aliphatic heterocycles. The van der Waals surface area contributed by atoms with Crippen LogP contribution >= 0.6 is 0 Å². The van der Waals surface area contributed by atoms with Crippen LogP contribution in [0.25, 0.3) is 10.9 Å². The molecule has 2 aromatic rings. The summed E-state index contributed by atoms with van der Waals surface area (Å²) in [4.78, 5) is 0. The van der Waals surface area contributed by atoms with Crippen molar-refractivity contribution in [1.82, 2.24) is 9.78 Å². The van der Waals surface area contributed by atoms with Crippen molar-refractivity contribution in [3.63, 3.8) is 0 Å². The first-order valence-corrected chi connectivity index (χ1v) is 4.41. The smallest absolute Gasteiger partial charge is 0.125 e. The van der Waals surface area contributed by atoms with E-state index in [0.29, 0.717) is 13.2 Å². The Morgan fingerprint density at radius 3 is 3.14 bits per heavy atom. The molecule has 0 saturated carbocycles. The van der Waals surface area contributed by atoms with Crippen molar-refractivity contribution in [2.45, 2.75) is 6.54 Å². The Bertz CT molecular complexity index is 439. The molecule has 0 unspecified atom stereocenters. The van der Waals surface area contributed by atoms with E-state index in [0.717, 1.165) is 10.9 Å². The standard InChI is InChI=1S/C10H11FN2O/c1-14-5-4-13-10-6-9(11)3-2-8(10)7-12-13/h2-3,6-7H,4-5H2,1H3. The van der Waals surface area contributed by atoms with Crippen molar-refractivity contribution in [1.29, 1.82) is 0 Å². The van der Waals surface area contributed by atoms with Crippen LogP contribution in [0.1, 0.15) is 0 Å². The number of benzene rings is 1. The Kier molecular flexibility index (Phi) is 2.45. The second-order valence-corrected chi connectivity index (χ2v) is 3.06. The fraction of sp³-hybridized carbons (Fsp3) is 0.300. The number of ether oxygens (including phenoxy) is 1. The van der Waals surface area contributed by atoms with Crippen molar-refractivity contribution in [2.24, 2.45) is 0 Å². The quantitative estimate of drug-likeness (QED) is 0.745. The maximum Gasteiger partial charge on any atom is 0.125 e. The second-order valence-electron chi connectivity index (χ2n) is 3.06. The van der Waals surface area contributed by atoms with E-state index in [-0.39, 0.29) is 5.82 Å². The molecule has 74 valence electrons. The molecule has 1 heterocycles. The highest BCUT2D eigenvalue weighted by molar-refractivity contribution is 5.78. The van der Waals surface area contributed by atoms with Gasteiger partial charge in [-0.2, -0.15) is 5.10 Å². The summed E-state index contributed by atoms with van der Waals surface area (Å²) >= 11 is 0. The Morgan fingerprint density at radius 1 is 1.50 bits per heavy atom. The maximum atomic E-state index is 12.9. The largest absolute Gasteiger partial charge is 0.383 e. The van der Waals surface area contributed by atoms with Gasteiger partial charge in [0.15, 0.2) is 0 Å². The van der Waals surface area contributed by atoms with Gasteiger partial charge in [0.05, 0.1) is 24.9 Å². The molecule has 0 aliphatic carbocycles. The lowest BCUT2D eigenvalue weighted by Crippen LogP contribution is -2.05. The monoisotopic (exact) mass is 194 g/mol. The first kappa shape index (κ1) is 9.15. The normalized spacial score (nSPS) is 11.0. The lowest BCUT2D eigenvalue weighted by atomic mass is 10.2. The Morgan fingerprint density at radius 2 is 2.36 bits per heavy atom. The summed E-state index contributed by atoms with van der Waals surface area (Å²) in [5.74, 6) is -0.239. The molecule has 0 spiro atoms. The molecule has 3 nitrogen and oxygen atoms in total. The van der Waals surface area contributed by atoms with Gasteiger partial charge in [-0.15, -0.1) is 0 Å². The van der Waals surface area contributed by atoms with Crippen LogP contribution in [0.2, 0.25) is 0 Å². The molecule has 0 radical (unpaired) electrons. The number of halogens is 1. The van der Waals surface area contributed by atoms with Gasteiger partial charge >= 0.3 is 0 Å². The Balaban J connectivity index is 2.40. The first-order chi connectivity index (χ1) is 6.81. The molecule has 0 amide bonds. The minimum Gasteiger partial charge on any atom is -0.383 e. The molecule has 2 rings (SSSR count). The third-order valence-electron chi connectivity index (χ3n) is 2.11. The Labute approximate surface area is 81.1 Å². The van der Waals surface area contributed by atoms with Gasteiger partial charge in [-0.25, -0.2) is 4.39 Å². The molecular weight excluding hydrogens is 183 g/mol. The van der Waals surface area contributed by atoms with Gasteiger partial charge in [0.25, 0.3) is 0 Å². The topological polar surface area (TPSA) is 27.1 Å². The fourth-order valence-corrected chi connectivity index (χ4v) is 1.40. The average molecular weight is 194 g/mol. The molecule has 0 saturated heterocycles. The summed E-state index contributed by atoms with van der Waals surface area (Å²) in [5, 5.41) is 5.09. The maximum absolute atomic E-state index is 12.9. The molecule has 0 N–H and O–H groups in total. The Hall–Kier alpha value is -1.42. The van der Waals surface area contributed by atoms with Crippen LogP contribution in [0.15, 0.2) is 24.4 Å². The van der Waals surface area contributed by atoms with E-state index in [4.69, 9.17) is 4.74 Å². The second kappa shape index (κ2) is 3.75. The van der Waals surface area contributed by atoms with Gasteiger partial charge in [-0.1, -0.05) is 0 Å². The van der Waals surface area contributed by atoms with E-state index in [1.807, 2.05) is 0 Å². The molecular formula is C10H11FN2O. The molecule has 4 heteroatoms. The van der Waals surface area contributed by atoms with E-state index < -0.39 is 0 Å². The summed E-state index contributed by atoms with van der Waals surface area (Å²) in [5.41, 5.74) is 0.807. The SMILES string of the molecule is COCCn1ncc2ccc(F)cc21. The minimum absolute atomic E-state index is 0.239. The third kappa shape index (κ3) is 1.61. The number of aromatic nitrogens is 2. The van der Waals surface area contributed by atoms with Gasteiger partial charge in [0, 0.05) is 12.5 Å². The van der Waals surface area contributed by atoms with Gasteiger partial charge in [0.2, 0.25) is 0 Å². The molecule has 0 fully saturated rings. The van der Waals surface area contributed by atoms with Gasteiger partial charge in [-0.05, 0) is 18.2 Å². The molecule has 1 aromatic heterocycles. The number of hydrogen-bond acceptors (Lipinski definition) is 2. The van der Waals surface area contributed by atoms with Crippen molar-refractivity contribution >= 4 is 10.9 Å². The summed E-state index contributed by atoms with van der Waals surface area (Å²) in [7, 11) is 1.63. The zero-order valence-corrected chi connectivity index (χ0v) is 7.90. The zero-order chi connectivity index (χ0) is 9.97. The number of nitrogens with zero attached hydrogens (tertiary/aromatic N) is 2. The lowest BCUT2D eigenvalue weighted by molar-refractivity contribution is 0.185. The van der Waals surface area contributed by atoms with Crippen LogP contribution < -0.4 is 0 Å². The van der Waals surface area contributed by atoms with Crippen LogP contribution in [0, 0.1) is 5.82 Å². The molecule has 0 bridgehead atoms. The minimum atomic E-state index is -0.239. The fourth-order valence-electron chi connectivity index (χ4n) is 1.40. The van der Waals surface area contributed by atoms with Crippen molar-refractivity contribution in [3.05, 3.63) is 30.2 Å². The van der Waals surface area contributed by atoms with Crippen LogP contribution in [0.3, 0.4) is 0 Å². The summed E-state index contributed by atoms with van der Waals surface area (Å²) in [6.45, 7) is 1.22. The number of methoxy groups -OCH3 is 1. The first-order valence-electron chi connectivity index (χ1n) is 4.41. The van der Waals surface area contributed by atoms with Gasteiger partial charge in [0.1, 0.15) is 5.82 Å². The van der Waals surface area contributed by atoms with Crippen molar-refractivity contribution in [2.75, 3.05) is 13.7 Å². The summed E-state index contributed by atoms with van der Waals surface area (Å²) < 4.78 is 19.6. The van der Waals surface area contributed by atoms with E-state index in [1.54, 1.807) is 24.1 Å². The molecule has 0 atom stereocenters. The number of hydrogen-bond donors (Lipinski definition) is 0. The van der Waals surface area contributed by atoms with E-state index >= 15 is 0 Å². The van der Waals surface area contributed by atoms with E-state index in [9.17, 15) is 4.39 Å². The zero-order valence-electron chi connectivity index (χ0n) is 7.90. The highest BCUT2D eigenvalue weighted by atomic mass is 19.1. The highest BCUT2D eigenvalue weighted by Gasteiger charge is 2.02. The number of fused-ring (bicyclic) bond motifs is 1. The average Bonchev–Trinajstić information content (AvgIpc) is 2.57. The number of rotatable bonds is 3. The van der Waals surface area contributed by atoms with Gasteiger partial charge < -0.3 is 4.74 Å². The predicted molar refractivity (Wildman–Crippen MR) is 51.6 cm³/mol. The third-order valence-corrected chi connectivity index (χ3v) is 2.11. The van der Waals surface area contributed by atoms with Crippen LogP contribution in [0.4, 0.5) is 4.39 Å².